The zero-order valence-corrected chi connectivity index (χ0v) is 17.3. The van der Waals surface area contributed by atoms with E-state index < -0.39 is 52.8 Å². The Kier molecular flexibility index (Phi) is 5.78. The molecule has 3 aromatic rings. The highest BCUT2D eigenvalue weighted by Crippen LogP contribution is 2.46. The van der Waals surface area contributed by atoms with Crippen LogP contribution < -0.4 is 5.32 Å². The van der Waals surface area contributed by atoms with Gasteiger partial charge in [0.1, 0.15) is 15.5 Å². The van der Waals surface area contributed by atoms with Gasteiger partial charge in [-0.15, -0.1) is 5.11 Å². The Labute approximate surface area is 176 Å². The lowest BCUT2D eigenvalue weighted by atomic mass is 10.1. The summed E-state index contributed by atoms with van der Waals surface area (Å²) < 4.78 is 66.6. The molecule has 3 rings (SSSR count). The van der Waals surface area contributed by atoms with Crippen LogP contribution in [0.4, 0.5) is 17.1 Å². The predicted octanol–water partition coefficient (Wildman–Crippen LogP) is 3.41. The Morgan fingerprint density at radius 2 is 1.52 bits per heavy atom. The number of azo groups is 1. The molecule has 0 spiro atoms. The number of hydrogen-bond acceptors (Lipinski definition) is 8. The van der Waals surface area contributed by atoms with Gasteiger partial charge in [-0.3, -0.25) is 13.9 Å². The molecule has 0 bridgehead atoms. The molecule has 0 aromatic heterocycles. The van der Waals surface area contributed by atoms with Gasteiger partial charge in [-0.1, -0.05) is 18.2 Å². The van der Waals surface area contributed by atoms with Gasteiger partial charge in [0, 0.05) is 12.3 Å². The molecule has 3 aromatic carbocycles. The summed E-state index contributed by atoms with van der Waals surface area (Å²) >= 11 is 0. The van der Waals surface area contributed by atoms with E-state index in [0.29, 0.717) is 6.07 Å². The van der Waals surface area contributed by atoms with Gasteiger partial charge >= 0.3 is 0 Å². The summed E-state index contributed by atoms with van der Waals surface area (Å²) in [5, 5.41) is 19.9. The van der Waals surface area contributed by atoms with Crippen molar-refractivity contribution in [1.82, 2.24) is 0 Å². The van der Waals surface area contributed by atoms with Gasteiger partial charge in [-0.25, -0.2) is 0 Å². The van der Waals surface area contributed by atoms with Crippen molar-refractivity contribution in [3.63, 3.8) is 0 Å². The first kappa shape index (κ1) is 22.3. The van der Waals surface area contributed by atoms with Crippen LogP contribution in [0.1, 0.15) is 6.92 Å². The number of rotatable bonds is 5. The van der Waals surface area contributed by atoms with Gasteiger partial charge in [0.05, 0.1) is 16.8 Å². The van der Waals surface area contributed by atoms with Gasteiger partial charge in [-0.05, 0) is 30.3 Å². The van der Waals surface area contributed by atoms with Crippen LogP contribution in [-0.4, -0.2) is 37.0 Å². The molecule has 0 fully saturated rings. The molecule has 1 amide bonds. The third-order valence-corrected chi connectivity index (χ3v) is 5.84. The zero-order chi connectivity index (χ0) is 23.0. The maximum Gasteiger partial charge on any atom is 0.296 e. The molecule has 13 heteroatoms. The maximum absolute atomic E-state index is 11.9. The molecule has 0 aliphatic heterocycles. The van der Waals surface area contributed by atoms with Gasteiger partial charge in [0.15, 0.2) is 5.75 Å². The van der Waals surface area contributed by atoms with Crippen molar-refractivity contribution in [3.8, 4) is 5.75 Å². The van der Waals surface area contributed by atoms with Crippen molar-refractivity contribution in [2.75, 3.05) is 5.32 Å². The van der Waals surface area contributed by atoms with E-state index in [1.54, 1.807) is 18.2 Å². The summed E-state index contributed by atoms with van der Waals surface area (Å²) in [4.78, 5) is 9.82. The second kappa shape index (κ2) is 8.03. The topological polar surface area (TPSA) is 183 Å². The molecular weight excluding hydrogens is 450 g/mol. The van der Waals surface area contributed by atoms with E-state index in [0.717, 1.165) is 19.1 Å². The molecule has 0 saturated heterocycles. The molecule has 162 valence electrons. The molecular formula is C18H15N3O8S2. The minimum absolute atomic E-state index is 0.0922. The standard InChI is InChI=1S/C18H15N3O8S2/c1-10(22)19-13-7-8-14(30(24,25)26)12-9-15(31(27,28)29)17(18(23)16(12)13)21-20-11-5-3-2-4-6-11/h2-9,23H,1H3,(H,19,22)(H,24,25,26)(H,27,28,29)/b21-20+. The summed E-state index contributed by atoms with van der Waals surface area (Å²) in [6, 6.07) is 10.7. The van der Waals surface area contributed by atoms with Crippen molar-refractivity contribution < 1.29 is 35.8 Å². The lowest BCUT2D eigenvalue weighted by molar-refractivity contribution is -0.114. The monoisotopic (exact) mass is 465 g/mol. The van der Waals surface area contributed by atoms with Gasteiger partial charge in [0.25, 0.3) is 20.2 Å². The Morgan fingerprint density at radius 3 is 2.06 bits per heavy atom. The SMILES string of the molecule is CC(=O)Nc1ccc(S(=O)(=O)O)c2cc(S(=O)(=O)O)c(/N=N/c3ccccc3)c(O)c12. The number of amides is 1. The number of phenolic OH excluding ortho intramolecular Hbond substituents is 1. The maximum atomic E-state index is 11.9. The Morgan fingerprint density at radius 1 is 0.903 bits per heavy atom. The number of benzene rings is 3. The van der Waals surface area contributed by atoms with E-state index in [1.165, 1.54) is 12.1 Å². The van der Waals surface area contributed by atoms with Gasteiger partial charge in [0.2, 0.25) is 5.91 Å². The highest BCUT2D eigenvalue weighted by molar-refractivity contribution is 7.86. The number of nitrogens with zero attached hydrogens (tertiary/aromatic N) is 2. The summed E-state index contributed by atoms with van der Waals surface area (Å²) in [6.45, 7) is 1.15. The van der Waals surface area contributed by atoms with Gasteiger partial charge in [-0.2, -0.15) is 21.9 Å². The molecule has 4 N–H and O–H groups in total. The van der Waals surface area contributed by atoms with Crippen LogP contribution in [0.15, 0.2) is 68.6 Å². The van der Waals surface area contributed by atoms with Crippen molar-refractivity contribution >= 4 is 54.0 Å². The first-order valence-corrected chi connectivity index (χ1v) is 11.3. The molecule has 0 radical (unpaired) electrons. The highest BCUT2D eigenvalue weighted by atomic mass is 32.2. The first-order chi connectivity index (χ1) is 14.4. The number of anilines is 1. The smallest absolute Gasteiger partial charge is 0.296 e. The summed E-state index contributed by atoms with van der Waals surface area (Å²) in [5.41, 5.74) is -0.500. The quantitative estimate of drug-likeness (QED) is 0.326. The average molecular weight is 465 g/mol. The molecule has 11 nitrogen and oxygen atoms in total. The van der Waals surface area contributed by atoms with Crippen LogP contribution in [-0.2, 0) is 25.0 Å². The molecule has 0 aliphatic rings. The fourth-order valence-electron chi connectivity index (χ4n) is 2.85. The first-order valence-electron chi connectivity index (χ1n) is 8.41. The van der Waals surface area contributed by atoms with Crippen LogP contribution >= 0.6 is 0 Å². The van der Waals surface area contributed by atoms with E-state index in [9.17, 15) is 35.8 Å². The Balaban J connectivity index is 2.46. The molecule has 0 saturated carbocycles. The van der Waals surface area contributed by atoms with E-state index in [1.807, 2.05) is 0 Å². The molecule has 0 atom stereocenters. The Hall–Kier alpha value is -3.39. The van der Waals surface area contributed by atoms with Crippen LogP contribution in [0, 0.1) is 0 Å². The third kappa shape index (κ3) is 4.69. The third-order valence-electron chi connectivity index (χ3n) is 4.06. The van der Waals surface area contributed by atoms with Crippen molar-refractivity contribution in [2.24, 2.45) is 10.2 Å². The normalized spacial score (nSPS) is 12.4. The summed E-state index contributed by atoms with van der Waals surface area (Å²) in [6.07, 6.45) is 0. The number of nitrogens with one attached hydrogen (secondary N) is 1. The molecule has 0 heterocycles. The Bertz CT molecular complexity index is 1430. The predicted molar refractivity (Wildman–Crippen MR) is 110 cm³/mol. The number of aromatic hydroxyl groups is 1. The highest BCUT2D eigenvalue weighted by Gasteiger charge is 2.27. The van der Waals surface area contributed by atoms with Crippen molar-refractivity contribution in [1.29, 1.82) is 0 Å². The fourth-order valence-corrected chi connectivity index (χ4v) is 4.18. The fraction of sp³-hybridized carbons (Fsp3) is 0.0556. The number of phenols is 1. The van der Waals surface area contributed by atoms with Crippen LogP contribution in [0.25, 0.3) is 10.8 Å². The van der Waals surface area contributed by atoms with E-state index in [2.05, 4.69) is 15.5 Å². The second-order valence-electron chi connectivity index (χ2n) is 6.27. The lowest BCUT2D eigenvalue weighted by Crippen LogP contribution is -2.08. The van der Waals surface area contributed by atoms with Crippen LogP contribution in [0.3, 0.4) is 0 Å². The van der Waals surface area contributed by atoms with E-state index in [4.69, 9.17) is 0 Å². The van der Waals surface area contributed by atoms with Crippen molar-refractivity contribution in [3.05, 3.63) is 48.5 Å². The zero-order valence-electron chi connectivity index (χ0n) is 15.7. The number of carbonyl (C=O) groups is 1. The lowest BCUT2D eigenvalue weighted by Gasteiger charge is -2.14. The van der Waals surface area contributed by atoms with E-state index in [-0.39, 0.29) is 16.8 Å². The van der Waals surface area contributed by atoms with Crippen LogP contribution in [0.5, 0.6) is 5.75 Å². The molecule has 0 aliphatic carbocycles. The second-order valence-corrected chi connectivity index (χ2v) is 9.05. The summed E-state index contributed by atoms with van der Waals surface area (Å²) in [5.74, 6) is -1.47. The number of hydrogen-bond donors (Lipinski definition) is 4. The van der Waals surface area contributed by atoms with E-state index >= 15 is 0 Å². The van der Waals surface area contributed by atoms with Gasteiger partial charge < -0.3 is 10.4 Å². The molecule has 31 heavy (non-hydrogen) atoms. The van der Waals surface area contributed by atoms with Crippen molar-refractivity contribution in [2.45, 2.75) is 16.7 Å². The minimum Gasteiger partial charge on any atom is -0.505 e. The minimum atomic E-state index is -5.03. The number of fused-ring (bicyclic) bond motifs is 1. The largest absolute Gasteiger partial charge is 0.505 e. The average Bonchev–Trinajstić information content (AvgIpc) is 2.65. The molecule has 0 unspecified atom stereocenters. The van der Waals surface area contributed by atoms with Crippen LogP contribution in [0.2, 0.25) is 0 Å². The number of carbonyl (C=O) groups excluding carboxylic acids is 1. The summed E-state index contributed by atoms with van der Waals surface area (Å²) in [7, 11) is -9.90.